The Kier molecular flexibility index (Phi) is 10.8. The molecule has 0 bridgehead atoms. The number of nitrogens with zero attached hydrogens (tertiary/aromatic N) is 2. The zero-order valence-corrected chi connectivity index (χ0v) is 7.11. The van der Waals surface area contributed by atoms with Gasteiger partial charge in [-0.3, -0.25) is 0 Å². The van der Waals surface area contributed by atoms with E-state index in [1.165, 1.54) is 0 Å². The van der Waals surface area contributed by atoms with Gasteiger partial charge in [-0.25, -0.2) is 0 Å². The summed E-state index contributed by atoms with van der Waals surface area (Å²) in [7, 11) is -5.42. The summed E-state index contributed by atoms with van der Waals surface area (Å²) < 4.78 is 25.4. The monoisotopic (exact) mass is 212 g/mol. The zero-order valence-electron chi connectivity index (χ0n) is 5.32. The van der Waals surface area contributed by atoms with Gasteiger partial charge in [-0.1, -0.05) is 0 Å². The molecule has 0 aliphatic rings. The molecule has 0 saturated heterocycles. The average molecular weight is 212 g/mol. The fourth-order valence-electron chi connectivity index (χ4n) is 0.0698. The average Bonchev–Trinajstić information content (AvgIpc) is 1.87. The summed E-state index contributed by atoms with van der Waals surface area (Å²) in [5, 5.41) is 14.8. The van der Waals surface area contributed by atoms with Crippen LogP contribution in [0, 0.1) is 23.0 Å². The van der Waals surface area contributed by atoms with Crippen molar-refractivity contribution < 1.29 is 28.0 Å². The van der Waals surface area contributed by atoms with Gasteiger partial charge < -0.3 is 0 Å². The Hall–Kier alpha value is -1.30. The largest absolute Gasteiger partial charge is 0.758 e. The van der Waals surface area contributed by atoms with Gasteiger partial charge in [-0.2, -0.15) is 0 Å². The quantitative estimate of drug-likeness (QED) is 0.490. The van der Waals surface area contributed by atoms with E-state index >= 15 is 0 Å². The van der Waals surface area contributed by atoms with Crippen LogP contribution >= 0.6 is 16.5 Å². The van der Waals surface area contributed by atoms with Crippen LogP contribution in [0.15, 0.2) is 0 Å². The number of hydrogen-bond donors (Lipinski definition) is 2. The van der Waals surface area contributed by atoms with Crippen LogP contribution in [0.4, 0.5) is 0 Å². The van der Waals surface area contributed by atoms with Crippen molar-refractivity contribution in [1.82, 2.24) is 0 Å². The van der Waals surface area contributed by atoms with Crippen LogP contribution in [-0.2, 0) is 18.2 Å². The summed E-state index contributed by atoms with van der Waals surface area (Å²) in [6.45, 7) is 0. The molecule has 8 nitrogen and oxygen atoms in total. The molecule has 0 radical (unpaired) electrons. The van der Waals surface area contributed by atoms with Crippen molar-refractivity contribution in [1.29, 1.82) is 10.5 Å². The molecule has 64 valence electrons. The smallest absolute Gasteiger partial charge is 0.145 e. The van der Waals surface area contributed by atoms with Crippen LogP contribution in [0.25, 0.3) is 0 Å². The van der Waals surface area contributed by atoms with Gasteiger partial charge in [0, 0.05) is 9.13 Å². The molecule has 0 aliphatic carbocycles. The molecule has 0 aromatic carbocycles. The molecule has 0 aromatic heterocycles. The van der Waals surface area contributed by atoms with Gasteiger partial charge >= 0.3 is 29.0 Å². The van der Waals surface area contributed by atoms with Crippen molar-refractivity contribution in [2.75, 3.05) is 0 Å². The molecule has 2 unspecified atom stereocenters. The van der Waals surface area contributed by atoms with Gasteiger partial charge in [0.15, 0.2) is 0 Å². The van der Waals surface area contributed by atoms with Gasteiger partial charge in [-0.05, 0) is 0 Å². The first-order chi connectivity index (χ1) is 5.54. The highest BCUT2D eigenvalue weighted by Gasteiger charge is 2.09. The summed E-state index contributed by atoms with van der Waals surface area (Å²) in [6, 6.07) is 0. The predicted molar refractivity (Wildman–Crippen MR) is 33.0 cm³/mol. The third-order valence-electron chi connectivity index (χ3n) is 0.238. The molecule has 10 heteroatoms. The Bertz CT molecular complexity index is 213. The first-order valence-electron chi connectivity index (χ1n) is 1.99. The minimum Gasteiger partial charge on any atom is -0.145 e. The second-order valence-corrected chi connectivity index (χ2v) is 2.16. The topological polar surface area (TPSA) is 141 Å². The van der Waals surface area contributed by atoms with Crippen molar-refractivity contribution in [3.8, 4) is 12.5 Å². The highest BCUT2D eigenvalue weighted by atomic mass is 31.1. The Morgan fingerprint density at radius 1 is 1.00 bits per heavy atom. The lowest BCUT2D eigenvalue weighted by atomic mass is 11.6. The molecular weight excluding hydrogens is 210 g/mol. The molecule has 0 fully saturated rings. The van der Waals surface area contributed by atoms with Gasteiger partial charge in [0.1, 0.15) is 0 Å². The third kappa shape index (κ3) is 23.4. The van der Waals surface area contributed by atoms with Crippen molar-refractivity contribution in [3.05, 3.63) is 0 Å². The van der Waals surface area contributed by atoms with E-state index in [-0.39, 0.29) is 0 Å². The second kappa shape index (κ2) is 9.70. The molecule has 0 heterocycles. The normalized spacial score (nSPS) is 9.00. The summed E-state index contributed by atoms with van der Waals surface area (Å²) in [5.41, 5.74) is 0. The van der Waals surface area contributed by atoms with Crippen LogP contribution in [0.5, 0.6) is 0 Å². The molecule has 0 aromatic rings. The zero-order chi connectivity index (χ0) is 9.98. The third-order valence-corrected chi connectivity index (χ3v) is 0.714. The minimum absolute atomic E-state index is 1.03. The summed E-state index contributed by atoms with van der Waals surface area (Å²) in [6.07, 6.45) is 2.07. The lowest BCUT2D eigenvalue weighted by Crippen LogP contribution is -1.57. The first-order valence-corrected chi connectivity index (χ1v) is 4.25. The Labute approximate surface area is 68.5 Å². The summed E-state index contributed by atoms with van der Waals surface area (Å²) in [4.78, 5) is 15.2. The van der Waals surface area contributed by atoms with Crippen molar-refractivity contribution >= 4 is 16.5 Å². The molecule has 0 aliphatic heterocycles. The lowest BCUT2D eigenvalue weighted by Gasteiger charge is -1.54. The molecule has 0 amide bonds. The maximum absolute atomic E-state index is 9.30. The van der Waals surface area contributed by atoms with Crippen LogP contribution in [0.2, 0.25) is 0 Å². The summed E-state index contributed by atoms with van der Waals surface area (Å²) >= 11 is 0. The molecule has 2 N–H and O–H groups in total. The fraction of sp³-hybridized carbons (Fsp3) is 0. The van der Waals surface area contributed by atoms with Gasteiger partial charge in [0.25, 0.3) is 0 Å². The van der Waals surface area contributed by atoms with E-state index in [0.717, 1.165) is 12.5 Å². The highest BCUT2D eigenvalue weighted by Crippen LogP contribution is 2.11. The lowest BCUT2D eigenvalue weighted by molar-refractivity contribution is 0.388. The minimum atomic E-state index is -2.71. The van der Waals surface area contributed by atoms with Crippen molar-refractivity contribution in [3.63, 3.8) is 0 Å². The van der Waals surface area contributed by atoms with Crippen LogP contribution in [-0.4, -0.2) is 9.79 Å². The maximum atomic E-state index is 9.30. The molecular formula is C2H2N2O6P2+2. The SMILES string of the molecule is N#CO[P+](=O)O.N#CO[P+](=O)O. The van der Waals surface area contributed by atoms with Crippen LogP contribution in [0.1, 0.15) is 0 Å². The second-order valence-electron chi connectivity index (χ2n) is 0.841. The van der Waals surface area contributed by atoms with E-state index in [0.29, 0.717) is 0 Å². The van der Waals surface area contributed by atoms with Crippen molar-refractivity contribution in [2.24, 2.45) is 0 Å². The van der Waals surface area contributed by atoms with Gasteiger partial charge in [0.05, 0.1) is 0 Å². The number of hydrogen-bond acceptors (Lipinski definition) is 6. The predicted octanol–water partition coefficient (Wildman–Crippen LogP) is 0.268. The van der Waals surface area contributed by atoms with E-state index in [4.69, 9.17) is 20.3 Å². The first kappa shape index (κ1) is 13.3. The van der Waals surface area contributed by atoms with Crippen molar-refractivity contribution in [2.45, 2.75) is 0 Å². The Balaban J connectivity index is 0. The fourth-order valence-corrected chi connectivity index (χ4v) is 0.210. The molecule has 0 spiro atoms. The Morgan fingerprint density at radius 2 is 1.25 bits per heavy atom. The number of nitriles is 2. The van der Waals surface area contributed by atoms with E-state index < -0.39 is 16.5 Å². The van der Waals surface area contributed by atoms with Crippen LogP contribution in [0.3, 0.4) is 0 Å². The highest BCUT2D eigenvalue weighted by molar-refractivity contribution is 7.32. The van der Waals surface area contributed by atoms with Crippen LogP contribution < -0.4 is 0 Å². The molecule has 0 saturated carbocycles. The number of rotatable bonds is 2. The van der Waals surface area contributed by atoms with E-state index in [1.807, 2.05) is 0 Å². The summed E-state index contributed by atoms with van der Waals surface area (Å²) in [5.74, 6) is 0. The van der Waals surface area contributed by atoms with E-state index in [1.54, 1.807) is 0 Å². The Morgan fingerprint density at radius 3 is 1.25 bits per heavy atom. The standard InChI is InChI=1S/2CNO3P/c2*2-1-5-6(3)4/p+2. The van der Waals surface area contributed by atoms with Gasteiger partial charge in [-0.15, -0.1) is 29.4 Å². The molecule has 0 rings (SSSR count). The molecule has 2 atom stereocenters. The van der Waals surface area contributed by atoms with E-state index in [2.05, 4.69) is 9.05 Å². The maximum Gasteiger partial charge on any atom is 0.758 e. The van der Waals surface area contributed by atoms with E-state index in [9.17, 15) is 9.13 Å². The molecule has 12 heavy (non-hydrogen) atoms. The van der Waals surface area contributed by atoms with Gasteiger partial charge in [0.2, 0.25) is 0 Å².